The Kier molecular flexibility index (Phi) is 4.24. The van der Waals surface area contributed by atoms with Crippen molar-refractivity contribution >= 4 is 39.1 Å². The number of nitrogens with zero attached hydrogens (tertiary/aromatic N) is 2. The SMILES string of the molecule is COc1ccccc1C(=O)N=c1sc2c(Cl)ccc(C)c2n1C. The van der Waals surface area contributed by atoms with Crippen LogP contribution in [0.4, 0.5) is 0 Å². The molecule has 0 aliphatic rings. The summed E-state index contributed by atoms with van der Waals surface area (Å²) in [6.07, 6.45) is 0. The summed E-state index contributed by atoms with van der Waals surface area (Å²) in [7, 11) is 3.42. The van der Waals surface area contributed by atoms with E-state index in [1.165, 1.54) is 18.4 Å². The molecule has 23 heavy (non-hydrogen) atoms. The highest BCUT2D eigenvalue weighted by molar-refractivity contribution is 7.17. The third kappa shape index (κ3) is 2.78. The molecule has 1 heterocycles. The molecule has 118 valence electrons. The van der Waals surface area contributed by atoms with Crippen LogP contribution in [-0.2, 0) is 7.05 Å². The van der Waals surface area contributed by atoms with Gasteiger partial charge in [0.1, 0.15) is 5.75 Å². The molecule has 0 fully saturated rings. The first-order valence-corrected chi connectivity index (χ1v) is 8.19. The summed E-state index contributed by atoms with van der Waals surface area (Å²) in [5.74, 6) is 0.178. The van der Waals surface area contributed by atoms with Crippen molar-refractivity contribution in [1.29, 1.82) is 0 Å². The first kappa shape index (κ1) is 15.8. The molecule has 4 nitrogen and oxygen atoms in total. The maximum Gasteiger partial charge on any atom is 0.283 e. The Hall–Kier alpha value is -2.11. The molecule has 0 aliphatic carbocycles. The molecule has 0 radical (unpaired) electrons. The van der Waals surface area contributed by atoms with E-state index in [1.807, 2.05) is 36.7 Å². The van der Waals surface area contributed by atoms with Gasteiger partial charge in [-0.3, -0.25) is 4.79 Å². The molecular weight excluding hydrogens is 332 g/mol. The van der Waals surface area contributed by atoms with Crippen molar-refractivity contribution in [3.05, 3.63) is 57.3 Å². The molecule has 2 aromatic carbocycles. The van der Waals surface area contributed by atoms with Crippen LogP contribution in [0.1, 0.15) is 15.9 Å². The first-order valence-electron chi connectivity index (χ1n) is 6.99. The number of rotatable bonds is 2. The van der Waals surface area contributed by atoms with Crippen LogP contribution in [0.3, 0.4) is 0 Å². The molecule has 0 bridgehead atoms. The van der Waals surface area contributed by atoms with E-state index in [9.17, 15) is 4.79 Å². The Bertz CT molecular complexity index is 972. The number of ether oxygens (including phenoxy) is 1. The number of thiazole rings is 1. The normalized spacial score (nSPS) is 11.9. The van der Waals surface area contributed by atoms with Crippen molar-refractivity contribution in [2.45, 2.75) is 6.92 Å². The van der Waals surface area contributed by atoms with E-state index in [0.29, 0.717) is 21.1 Å². The number of methoxy groups -OCH3 is 1. The van der Waals surface area contributed by atoms with Gasteiger partial charge in [0.25, 0.3) is 5.91 Å². The van der Waals surface area contributed by atoms with Crippen LogP contribution in [0.5, 0.6) is 5.75 Å². The van der Waals surface area contributed by atoms with Crippen molar-refractivity contribution in [3.8, 4) is 5.75 Å². The minimum atomic E-state index is -0.335. The predicted molar refractivity (Wildman–Crippen MR) is 93.4 cm³/mol. The van der Waals surface area contributed by atoms with Crippen LogP contribution in [0.2, 0.25) is 5.02 Å². The maximum absolute atomic E-state index is 12.5. The molecule has 1 aromatic heterocycles. The van der Waals surface area contributed by atoms with Gasteiger partial charge < -0.3 is 9.30 Å². The number of benzene rings is 2. The van der Waals surface area contributed by atoms with Gasteiger partial charge in [-0.15, -0.1) is 0 Å². The van der Waals surface area contributed by atoms with Gasteiger partial charge in [-0.25, -0.2) is 0 Å². The molecule has 0 saturated heterocycles. The number of halogens is 1. The van der Waals surface area contributed by atoms with Crippen molar-refractivity contribution in [3.63, 3.8) is 0 Å². The number of aryl methyl sites for hydroxylation is 2. The molecule has 0 atom stereocenters. The molecule has 3 aromatic rings. The van der Waals surface area contributed by atoms with Crippen LogP contribution in [-0.4, -0.2) is 17.6 Å². The lowest BCUT2D eigenvalue weighted by Crippen LogP contribution is -2.14. The van der Waals surface area contributed by atoms with E-state index in [4.69, 9.17) is 16.3 Å². The number of fused-ring (bicyclic) bond motifs is 1. The Morgan fingerprint density at radius 3 is 2.70 bits per heavy atom. The molecule has 0 N–H and O–H groups in total. The second-order valence-electron chi connectivity index (χ2n) is 5.10. The number of hydrogen-bond donors (Lipinski definition) is 0. The maximum atomic E-state index is 12.5. The van der Waals surface area contributed by atoms with Gasteiger partial charge in [0.15, 0.2) is 4.80 Å². The van der Waals surface area contributed by atoms with Gasteiger partial charge in [-0.2, -0.15) is 4.99 Å². The van der Waals surface area contributed by atoms with E-state index in [2.05, 4.69) is 4.99 Å². The monoisotopic (exact) mass is 346 g/mol. The molecule has 0 aliphatic heterocycles. The fraction of sp³-hybridized carbons (Fsp3) is 0.176. The molecular formula is C17H15ClN2O2S. The van der Waals surface area contributed by atoms with Crippen LogP contribution >= 0.6 is 22.9 Å². The predicted octanol–water partition coefficient (Wildman–Crippen LogP) is 3.95. The molecule has 6 heteroatoms. The third-order valence-corrected chi connectivity index (χ3v) is 5.23. The van der Waals surface area contributed by atoms with Gasteiger partial charge in [0.2, 0.25) is 0 Å². The van der Waals surface area contributed by atoms with E-state index in [1.54, 1.807) is 18.2 Å². The summed E-state index contributed by atoms with van der Waals surface area (Å²) in [6, 6.07) is 10.9. The lowest BCUT2D eigenvalue weighted by molar-refractivity contribution is 0.0995. The molecule has 3 rings (SSSR count). The van der Waals surface area contributed by atoms with Crippen LogP contribution in [0.15, 0.2) is 41.4 Å². The fourth-order valence-electron chi connectivity index (χ4n) is 2.48. The highest BCUT2D eigenvalue weighted by Gasteiger charge is 2.13. The van der Waals surface area contributed by atoms with Crippen molar-refractivity contribution in [2.24, 2.45) is 12.0 Å². The minimum Gasteiger partial charge on any atom is -0.496 e. The summed E-state index contributed by atoms with van der Waals surface area (Å²) in [5.41, 5.74) is 2.53. The zero-order valence-electron chi connectivity index (χ0n) is 13.0. The van der Waals surface area contributed by atoms with Crippen LogP contribution < -0.4 is 9.54 Å². The standard InChI is InChI=1S/C17H15ClN2O2S/c1-10-8-9-12(18)15-14(10)20(2)17(23-15)19-16(21)11-6-4-5-7-13(11)22-3/h4-9H,1-3H3. The van der Waals surface area contributed by atoms with Gasteiger partial charge in [0.05, 0.1) is 27.9 Å². The van der Waals surface area contributed by atoms with Gasteiger partial charge in [-0.05, 0) is 30.7 Å². The summed E-state index contributed by atoms with van der Waals surface area (Å²) < 4.78 is 8.05. The number of carbonyl (C=O) groups is 1. The lowest BCUT2D eigenvalue weighted by atomic mass is 10.2. The average Bonchev–Trinajstić information content (AvgIpc) is 2.89. The van der Waals surface area contributed by atoms with Gasteiger partial charge >= 0.3 is 0 Å². The zero-order valence-corrected chi connectivity index (χ0v) is 14.5. The lowest BCUT2D eigenvalue weighted by Gasteiger charge is -2.03. The summed E-state index contributed by atoms with van der Waals surface area (Å²) in [4.78, 5) is 17.4. The summed E-state index contributed by atoms with van der Waals surface area (Å²) in [6.45, 7) is 2.01. The van der Waals surface area contributed by atoms with E-state index in [0.717, 1.165) is 15.8 Å². The zero-order chi connectivity index (χ0) is 16.6. The number of para-hydroxylation sites is 1. The minimum absolute atomic E-state index is 0.335. The van der Waals surface area contributed by atoms with Crippen molar-refractivity contribution in [1.82, 2.24) is 4.57 Å². The molecule has 0 unspecified atom stereocenters. The highest BCUT2D eigenvalue weighted by atomic mass is 35.5. The summed E-state index contributed by atoms with van der Waals surface area (Å²) in [5, 5.41) is 0.664. The topological polar surface area (TPSA) is 43.6 Å². The number of aromatic nitrogens is 1. The van der Waals surface area contributed by atoms with Crippen LogP contribution in [0.25, 0.3) is 10.2 Å². The fourth-order valence-corrected chi connectivity index (χ4v) is 3.85. The molecule has 1 amide bonds. The number of carbonyl (C=O) groups excluding carboxylic acids is 1. The van der Waals surface area contributed by atoms with Gasteiger partial charge in [-0.1, -0.05) is 41.1 Å². The average molecular weight is 347 g/mol. The molecule has 0 spiro atoms. The highest BCUT2D eigenvalue weighted by Crippen LogP contribution is 2.28. The van der Waals surface area contributed by atoms with Gasteiger partial charge in [0, 0.05) is 7.05 Å². The smallest absolute Gasteiger partial charge is 0.283 e. The molecule has 0 saturated carbocycles. The Balaban J connectivity index is 2.19. The summed E-state index contributed by atoms with van der Waals surface area (Å²) >= 11 is 7.67. The number of amides is 1. The number of hydrogen-bond acceptors (Lipinski definition) is 3. The third-order valence-electron chi connectivity index (χ3n) is 3.64. The Morgan fingerprint density at radius 1 is 1.26 bits per heavy atom. The van der Waals surface area contributed by atoms with Crippen LogP contribution in [0, 0.1) is 6.92 Å². The van der Waals surface area contributed by atoms with E-state index >= 15 is 0 Å². The first-order chi connectivity index (χ1) is 11.0. The largest absolute Gasteiger partial charge is 0.496 e. The second kappa shape index (κ2) is 6.18. The van der Waals surface area contributed by atoms with Crippen molar-refractivity contribution < 1.29 is 9.53 Å². The Labute approximate surface area is 142 Å². The quantitative estimate of drug-likeness (QED) is 0.705. The Morgan fingerprint density at radius 2 is 2.00 bits per heavy atom. The van der Waals surface area contributed by atoms with E-state index < -0.39 is 0 Å². The van der Waals surface area contributed by atoms with E-state index in [-0.39, 0.29) is 5.91 Å². The van der Waals surface area contributed by atoms with Crippen molar-refractivity contribution in [2.75, 3.05) is 7.11 Å². The second-order valence-corrected chi connectivity index (χ2v) is 6.49.